The molecule has 0 aliphatic rings. The topological polar surface area (TPSA) is 42.3 Å². The van der Waals surface area contributed by atoms with Gasteiger partial charge in [-0.05, 0) is 50.2 Å². The van der Waals surface area contributed by atoms with Crippen LogP contribution in [0.2, 0.25) is 0 Å². The number of rotatable bonds is 4. The number of carbonyl (C=O) groups excluding carboxylic acids is 1. The molecule has 1 aromatic heterocycles. The summed E-state index contributed by atoms with van der Waals surface area (Å²) in [5.74, 6) is 0.0187. The van der Waals surface area contributed by atoms with Crippen LogP contribution in [0.25, 0.3) is 15.8 Å². The highest BCUT2D eigenvalue weighted by Crippen LogP contribution is 2.20. The van der Waals surface area contributed by atoms with Crippen LogP contribution in [0.3, 0.4) is 0 Å². The van der Waals surface area contributed by atoms with Crippen LogP contribution >= 0.6 is 11.5 Å². The second-order valence-electron chi connectivity index (χ2n) is 5.21. The van der Waals surface area contributed by atoms with E-state index in [0.29, 0.717) is 18.7 Å². The SMILES string of the molecule is CCN(CC)C(=O)c1ccc(-n2sc3ccccc3c2=O)cc1. The van der Waals surface area contributed by atoms with Crippen molar-refractivity contribution in [3.8, 4) is 5.69 Å². The first kappa shape index (κ1) is 15.5. The molecule has 0 aliphatic carbocycles. The molecule has 0 fully saturated rings. The average molecular weight is 326 g/mol. The highest BCUT2D eigenvalue weighted by molar-refractivity contribution is 7.14. The van der Waals surface area contributed by atoms with E-state index < -0.39 is 0 Å². The van der Waals surface area contributed by atoms with Crippen LogP contribution in [0.5, 0.6) is 0 Å². The molecule has 23 heavy (non-hydrogen) atoms. The fraction of sp³-hybridized carbons (Fsp3) is 0.222. The molecular formula is C18H18N2O2S. The molecule has 0 bridgehead atoms. The maximum Gasteiger partial charge on any atom is 0.273 e. The summed E-state index contributed by atoms with van der Waals surface area (Å²) in [6.07, 6.45) is 0. The lowest BCUT2D eigenvalue weighted by Crippen LogP contribution is -2.30. The van der Waals surface area contributed by atoms with Crippen LogP contribution in [-0.4, -0.2) is 27.9 Å². The number of hydrogen-bond acceptors (Lipinski definition) is 3. The van der Waals surface area contributed by atoms with Gasteiger partial charge < -0.3 is 4.90 Å². The summed E-state index contributed by atoms with van der Waals surface area (Å²) in [4.78, 5) is 26.5. The second kappa shape index (κ2) is 6.38. The van der Waals surface area contributed by atoms with Gasteiger partial charge in [-0.1, -0.05) is 23.7 Å². The van der Waals surface area contributed by atoms with Crippen molar-refractivity contribution < 1.29 is 4.79 Å². The van der Waals surface area contributed by atoms with E-state index in [0.717, 1.165) is 15.8 Å². The van der Waals surface area contributed by atoms with Crippen molar-refractivity contribution in [2.75, 3.05) is 13.1 Å². The summed E-state index contributed by atoms with van der Waals surface area (Å²) in [5, 5.41) is 0.723. The third kappa shape index (κ3) is 2.80. The van der Waals surface area contributed by atoms with Gasteiger partial charge in [-0.3, -0.25) is 9.59 Å². The zero-order valence-electron chi connectivity index (χ0n) is 13.2. The minimum Gasteiger partial charge on any atom is -0.339 e. The fourth-order valence-corrected chi connectivity index (χ4v) is 3.57. The predicted molar refractivity (Wildman–Crippen MR) is 94.7 cm³/mol. The number of hydrogen-bond donors (Lipinski definition) is 0. The quantitative estimate of drug-likeness (QED) is 0.736. The van der Waals surface area contributed by atoms with Crippen LogP contribution in [0.4, 0.5) is 0 Å². The average Bonchev–Trinajstić information content (AvgIpc) is 2.93. The molecule has 5 heteroatoms. The minimum absolute atomic E-state index is 0.0187. The van der Waals surface area contributed by atoms with Crippen molar-refractivity contribution in [3.63, 3.8) is 0 Å². The molecule has 0 aliphatic heterocycles. The van der Waals surface area contributed by atoms with Gasteiger partial charge in [0.25, 0.3) is 11.5 Å². The summed E-state index contributed by atoms with van der Waals surface area (Å²) < 4.78 is 2.62. The van der Waals surface area contributed by atoms with E-state index >= 15 is 0 Å². The molecule has 0 atom stereocenters. The van der Waals surface area contributed by atoms with Crippen LogP contribution in [0, 0.1) is 0 Å². The summed E-state index contributed by atoms with van der Waals surface area (Å²) >= 11 is 1.42. The Hall–Kier alpha value is -2.40. The zero-order chi connectivity index (χ0) is 16.4. The summed E-state index contributed by atoms with van der Waals surface area (Å²) in [7, 11) is 0. The van der Waals surface area contributed by atoms with E-state index in [1.807, 2.05) is 50.2 Å². The molecule has 0 saturated carbocycles. The highest BCUT2D eigenvalue weighted by Gasteiger charge is 2.13. The fourth-order valence-electron chi connectivity index (χ4n) is 2.57. The monoisotopic (exact) mass is 326 g/mol. The molecule has 1 amide bonds. The summed E-state index contributed by atoms with van der Waals surface area (Å²) in [5.41, 5.74) is 1.41. The van der Waals surface area contributed by atoms with Gasteiger partial charge >= 0.3 is 0 Å². The van der Waals surface area contributed by atoms with Crippen molar-refractivity contribution in [1.82, 2.24) is 8.86 Å². The molecule has 1 heterocycles. The maximum atomic E-state index is 12.4. The molecule has 2 aromatic carbocycles. The van der Waals surface area contributed by atoms with Gasteiger partial charge in [-0.15, -0.1) is 0 Å². The Balaban J connectivity index is 1.97. The first-order valence-electron chi connectivity index (χ1n) is 7.66. The number of benzene rings is 2. The molecule has 3 aromatic rings. The molecular weight excluding hydrogens is 308 g/mol. The zero-order valence-corrected chi connectivity index (χ0v) is 14.0. The normalized spacial score (nSPS) is 10.9. The summed E-state index contributed by atoms with van der Waals surface area (Å²) in [6, 6.07) is 14.8. The lowest BCUT2D eigenvalue weighted by atomic mass is 10.2. The molecule has 0 unspecified atom stereocenters. The van der Waals surface area contributed by atoms with Crippen molar-refractivity contribution in [2.45, 2.75) is 13.8 Å². The van der Waals surface area contributed by atoms with Gasteiger partial charge in [-0.25, -0.2) is 3.96 Å². The van der Waals surface area contributed by atoms with Crippen LogP contribution in [0.15, 0.2) is 53.3 Å². The molecule has 3 rings (SSSR count). The molecule has 0 radical (unpaired) electrons. The van der Waals surface area contributed by atoms with Crippen molar-refractivity contribution in [2.24, 2.45) is 0 Å². The van der Waals surface area contributed by atoms with Gasteiger partial charge in [0.1, 0.15) is 0 Å². The lowest BCUT2D eigenvalue weighted by molar-refractivity contribution is 0.0773. The standard InChI is InChI=1S/C18H18N2O2S/c1-3-19(4-2)17(21)13-9-11-14(12-10-13)20-18(22)15-7-5-6-8-16(15)23-20/h5-12H,3-4H2,1-2H3. The minimum atomic E-state index is -0.0200. The Morgan fingerprint density at radius 3 is 2.30 bits per heavy atom. The van der Waals surface area contributed by atoms with Gasteiger partial charge in [0, 0.05) is 18.7 Å². The number of amides is 1. The Bertz CT molecular complexity index is 889. The maximum absolute atomic E-state index is 12.4. The number of nitrogens with zero attached hydrogens (tertiary/aromatic N) is 2. The van der Waals surface area contributed by atoms with Gasteiger partial charge in [-0.2, -0.15) is 0 Å². The first-order chi connectivity index (χ1) is 11.2. The third-order valence-electron chi connectivity index (χ3n) is 3.89. The van der Waals surface area contributed by atoms with Crippen molar-refractivity contribution in [1.29, 1.82) is 0 Å². The van der Waals surface area contributed by atoms with Gasteiger partial charge in [0.2, 0.25) is 0 Å². The predicted octanol–water partition coefficient (Wildman–Crippen LogP) is 3.53. The van der Waals surface area contributed by atoms with E-state index in [4.69, 9.17) is 0 Å². The number of carbonyl (C=O) groups is 1. The van der Waals surface area contributed by atoms with Crippen molar-refractivity contribution in [3.05, 3.63) is 64.4 Å². The largest absolute Gasteiger partial charge is 0.339 e. The Morgan fingerprint density at radius 2 is 1.70 bits per heavy atom. The molecule has 118 valence electrons. The molecule has 0 spiro atoms. The van der Waals surface area contributed by atoms with E-state index in [9.17, 15) is 9.59 Å². The van der Waals surface area contributed by atoms with E-state index in [1.54, 1.807) is 21.0 Å². The first-order valence-corrected chi connectivity index (χ1v) is 8.43. The summed E-state index contributed by atoms with van der Waals surface area (Å²) in [6.45, 7) is 5.30. The second-order valence-corrected chi connectivity index (χ2v) is 6.20. The molecule has 0 N–H and O–H groups in total. The molecule has 4 nitrogen and oxygen atoms in total. The molecule has 0 saturated heterocycles. The van der Waals surface area contributed by atoms with Crippen molar-refractivity contribution >= 4 is 27.5 Å². The third-order valence-corrected chi connectivity index (χ3v) is 5.00. The lowest BCUT2D eigenvalue weighted by Gasteiger charge is -2.18. The Morgan fingerprint density at radius 1 is 1.04 bits per heavy atom. The van der Waals surface area contributed by atoms with E-state index in [2.05, 4.69) is 0 Å². The van der Waals surface area contributed by atoms with Crippen LogP contribution < -0.4 is 5.56 Å². The number of aromatic nitrogens is 1. The highest BCUT2D eigenvalue weighted by atomic mass is 32.1. The van der Waals surface area contributed by atoms with Gasteiger partial charge in [0.15, 0.2) is 0 Å². The van der Waals surface area contributed by atoms with Crippen LogP contribution in [-0.2, 0) is 0 Å². The van der Waals surface area contributed by atoms with Gasteiger partial charge in [0.05, 0.1) is 15.8 Å². The van der Waals surface area contributed by atoms with E-state index in [-0.39, 0.29) is 11.5 Å². The number of fused-ring (bicyclic) bond motifs is 1. The smallest absolute Gasteiger partial charge is 0.273 e. The van der Waals surface area contributed by atoms with E-state index in [1.165, 1.54) is 11.5 Å². The Labute approximate surface area is 138 Å². The Kier molecular flexibility index (Phi) is 4.30. The van der Waals surface area contributed by atoms with Crippen LogP contribution in [0.1, 0.15) is 24.2 Å².